The van der Waals surface area contributed by atoms with E-state index in [0.29, 0.717) is 10.4 Å². The summed E-state index contributed by atoms with van der Waals surface area (Å²) in [5, 5.41) is 11.2. The number of nitrogens with zero attached hydrogens (tertiary/aromatic N) is 4. The van der Waals surface area contributed by atoms with E-state index in [1.165, 1.54) is 17.3 Å². The molecule has 14 heavy (non-hydrogen) atoms. The largest absolute Gasteiger partial charge is 0.447 e. The van der Waals surface area contributed by atoms with Crippen molar-refractivity contribution < 1.29 is 4.42 Å². The Balaban J connectivity index is 2.18. The van der Waals surface area contributed by atoms with E-state index in [1.54, 1.807) is 12.3 Å². The number of aromatic nitrogens is 3. The first-order chi connectivity index (χ1) is 6.75. The Kier molecular flexibility index (Phi) is 2.78. The third kappa shape index (κ3) is 2.10. The molecule has 0 N–H and O–H groups in total. The van der Waals surface area contributed by atoms with Crippen molar-refractivity contribution in [2.75, 3.05) is 0 Å². The summed E-state index contributed by atoms with van der Waals surface area (Å²) in [6, 6.07) is 1.80. The van der Waals surface area contributed by atoms with Gasteiger partial charge in [0, 0.05) is 6.07 Å². The Labute approximate surface area is 96.1 Å². The normalized spacial score (nSPS) is 11.3. The first-order valence-corrected chi connectivity index (χ1v) is 5.18. The number of furan rings is 1. The van der Waals surface area contributed by atoms with Crippen molar-refractivity contribution in [3.05, 3.63) is 33.6 Å². The van der Waals surface area contributed by atoms with Gasteiger partial charge in [0.25, 0.3) is 0 Å². The van der Waals surface area contributed by atoms with Crippen LogP contribution >= 0.6 is 31.9 Å². The lowest BCUT2D eigenvalue weighted by Crippen LogP contribution is -1.84. The number of halogens is 2. The zero-order chi connectivity index (χ0) is 9.97. The van der Waals surface area contributed by atoms with Crippen molar-refractivity contribution in [1.29, 1.82) is 0 Å². The van der Waals surface area contributed by atoms with E-state index in [4.69, 9.17) is 4.42 Å². The quantitative estimate of drug-likeness (QED) is 0.798. The van der Waals surface area contributed by atoms with E-state index >= 15 is 0 Å². The maximum absolute atomic E-state index is 5.28. The monoisotopic (exact) mass is 318 g/mol. The van der Waals surface area contributed by atoms with Crippen molar-refractivity contribution in [3.8, 4) is 0 Å². The number of hydrogen-bond donors (Lipinski definition) is 0. The number of rotatable bonds is 2. The molecule has 2 aromatic heterocycles. The molecular weight excluding hydrogens is 316 g/mol. The molecule has 7 heteroatoms. The van der Waals surface area contributed by atoms with Crippen LogP contribution < -0.4 is 0 Å². The van der Waals surface area contributed by atoms with Gasteiger partial charge in [-0.1, -0.05) is 0 Å². The minimum atomic E-state index is 0.637. The van der Waals surface area contributed by atoms with Crippen molar-refractivity contribution >= 4 is 38.1 Å². The predicted octanol–water partition coefficient (Wildman–Crippen LogP) is 2.28. The van der Waals surface area contributed by atoms with Crippen LogP contribution in [-0.4, -0.2) is 21.1 Å². The Morgan fingerprint density at radius 2 is 2.07 bits per heavy atom. The van der Waals surface area contributed by atoms with Crippen molar-refractivity contribution in [2.24, 2.45) is 5.10 Å². The Morgan fingerprint density at radius 3 is 2.64 bits per heavy atom. The molecule has 0 aliphatic carbocycles. The van der Waals surface area contributed by atoms with Gasteiger partial charge >= 0.3 is 0 Å². The first-order valence-electron chi connectivity index (χ1n) is 3.59. The minimum absolute atomic E-state index is 0.637. The predicted molar refractivity (Wildman–Crippen MR) is 57.1 cm³/mol. The lowest BCUT2D eigenvalue weighted by Gasteiger charge is -1.86. The van der Waals surface area contributed by atoms with Crippen LogP contribution in [0, 0.1) is 0 Å². The first kappa shape index (κ1) is 9.60. The summed E-state index contributed by atoms with van der Waals surface area (Å²) in [5.41, 5.74) is 0. The van der Waals surface area contributed by atoms with Gasteiger partial charge in [0.2, 0.25) is 0 Å². The second-order valence-electron chi connectivity index (χ2n) is 2.36. The summed E-state index contributed by atoms with van der Waals surface area (Å²) in [6.07, 6.45) is 4.55. The molecule has 2 rings (SSSR count). The van der Waals surface area contributed by atoms with Crippen molar-refractivity contribution in [1.82, 2.24) is 14.9 Å². The van der Waals surface area contributed by atoms with Gasteiger partial charge in [-0.05, 0) is 31.9 Å². The van der Waals surface area contributed by atoms with E-state index in [0.717, 1.165) is 4.47 Å². The summed E-state index contributed by atoms with van der Waals surface area (Å²) in [5.74, 6) is 0.637. The minimum Gasteiger partial charge on any atom is -0.447 e. The second-order valence-corrected chi connectivity index (χ2v) is 3.93. The van der Waals surface area contributed by atoms with E-state index in [2.05, 4.69) is 47.2 Å². The summed E-state index contributed by atoms with van der Waals surface area (Å²) >= 11 is 6.53. The standard InChI is InChI=1S/C7H4Br2N4O/c8-6-1-5(14-7(6)9)2-12-13-3-10-11-4-13/h1-4H. The Hall–Kier alpha value is -0.950. The van der Waals surface area contributed by atoms with Crippen LogP contribution in [0.4, 0.5) is 0 Å². The molecule has 0 saturated carbocycles. The Morgan fingerprint density at radius 1 is 1.36 bits per heavy atom. The molecule has 0 radical (unpaired) electrons. The van der Waals surface area contributed by atoms with Gasteiger partial charge in [-0.2, -0.15) is 5.10 Å². The molecule has 0 saturated heterocycles. The third-order valence-corrected chi connectivity index (χ3v) is 3.10. The molecule has 0 aliphatic rings. The lowest BCUT2D eigenvalue weighted by atomic mass is 10.5. The summed E-state index contributed by atoms with van der Waals surface area (Å²) in [6.45, 7) is 0. The van der Waals surface area contributed by atoms with Crippen LogP contribution in [0.3, 0.4) is 0 Å². The van der Waals surface area contributed by atoms with Crippen molar-refractivity contribution in [3.63, 3.8) is 0 Å². The molecule has 0 aliphatic heterocycles. The average molecular weight is 320 g/mol. The molecule has 0 fully saturated rings. The molecule has 0 atom stereocenters. The number of hydrogen-bond acceptors (Lipinski definition) is 4. The lowest BCUT2D eigenvalue weighted by molar-refractivity contribution is 0.532. The van der Waals surface area contributed by atoms with Crippen LogP contribution in [0.2, 0.25) is 0 Å². The van der Waals surface area contributed by atoms with Crippen LogP contribution in [0.5, 0.6) is 0 Å². The molecule has 5 nitrogen and oxygen atoms in total. The highest BCUT2D eigenvalue weighted by atomic mass is 79.9. The SMILES string of the molecule is Brc1cc(C=Nn2cnnc2)oc1Br. The van der Waals surface area contributed by atoms with Gasteiger partial charge in [0.15, 0.2) is 4.67 Å². The van der Waals surface area contributed by atoms with Crippen molar-refractivity contribution in [2.45, 2.75) is 0 Å². The third-order valence-electron chi connectivity index (χ3n) is 1.39. The molecule has 2 heterocycles. The van der Waals surface area contributed by atoms with Gasteiger partial charge in [0.05, 0.1) is 10.7 Å². The van der Waals surface area contributed by atoms with Gasteiger partial charge in [-0.15, -0.1) is 10.2 Å². The molecule has 0 bridgehead atoms. The smallest absolute Gasteiger partial charge is 0.184 e. The Bertz CT molecular complexity index is 429. The fraction of sp³-hybridized carbons (Fsp3) is 0. The molecule has 0 aromatic carbocycles. The van der Waals surface area contributed by atoms with Gasteiger partial charge in [-0.25, -0.2) is 4.68 Å². The molecule has 0 amide bonds. The summed E-state index contributed by atoms with van der Waals surface area (Å²) < 4.78 is 8.25. The fourth-order valence-corrected chi connectivity index (χ4v) is 1.41. The molecule has 0 spiro atoms. The van der Waals surface area contributed by atoms with E-state index in [9.17, 15) is 0 Å². The van der Waals surface area contributed by atoms with E-state index in [1.807, 2.05) is 0 Å². The molecular formula is C7H4Br2N4O. The van der Waals surface area contributed by atoms with E-state index < -0.39 is 0 Å². The summed E-state index contributed by atoms with van der Waals surface area (Å²) in [7, 11) is 0. The zero-order valence-corrected chi connectivity index (χ0v) is 9.93. The highest BCUT2D eigenvalue weighted by molar-refractivity contribution is 9.13. The highest BCUT2D eigenvalue weighted by Gasteiger charge is 2.03. The molecule has 72 valence electrons. The maximum Gasteiger partial charge on any atom is 0.184 e. The van der Waals surface area contributed by atoms with Gasteiger partial charge in [-0.3, -0.25) is 0 Å². The molecule has 0 unspecified atom stereocenters. The average Bonchev–Trinajstić information content (AvgIpc) is 2.74. The van der Waals surface area contributed by atoms with Gasteiger partial charge < -0.3 is 4.42 Å². The van der Waals surface area contributed by atoms with Crippen LogP contribution in [0.1, 0.15) is 5.76 Å². The van der Waals surface area contributed by atoms with Crippen LogP contribution in [0.25, 0.3) is 0 Å². The van der Waals surface area contributed by atoms with Gasteiger partial charge in [0.1, 0.15) is 18.4 Å². The van der Waals surface area contributed by atoms with E-state index in [-0.39, 0.29) is 0 Å². The fourth-order valence-electron chi connectivity index (χ4n) is 0.805. The molecule has 2 aromatic rings. The van der Waals surface area contributed by atoms with Crippen LogP contribution in [-0.2, 0) is 0 Å². The second kappa shape index (κ2) is 4.05. The zero-order valence-electron chi connectivity index (χ0n) is 6.76. The summed E-state index contributed by atoms with van der Waals surface area (Å²) in [4.78, 5) is 0. The maximum atomic E-state index is 5.28. The topological polar surface area (TPSA) is 56.2 Å². The highest BCUT2D eigenvalue weighted by Crippen LogP contribution is 2.25. The van der Waals surface area contributed by atoms with Crippen LogP contribution in [0.15, 0.2) is 37.4 Å².